The highest BCUT2D eigenvalue weighted by molar-refractivity contribution is 5.86. The summed E-state index contributed by atoms with van der Waals surface area (Å²) in [7, 11) is 0. The van der Waals surface area contributed by atoms with Crippen molar-refractivity contribution in [3.05, 3.63) is 81.4 Å². The molecule has 0 aliphatic carbocycles. The lowest BCUT2D eigenvalue weighted by atomic mass is 9.99. The van der Waals surface area contributed by atoms with Gasteiger partial charge >= 0.3 is 0 Å². The number of rotatable bonds is 4. The lowest BCUT2D eigenvalue weighted by Gasteiger charge is -2.15. The summed E-state index contributed by atoms with van der Waals surface area (Å²) in [6.45, 7) is 3.83. The largest absolute Gasteiger partial charge is 0.472 e. The number of hydrogen-bond donors (Lipinski definition) is 2. The summed E-state index contributed by atoms with van der Waals surface area (Å²) in [5.41, 5.74) is 9.73. The molecular weight excluding hydrogens is 371 g/mol. The standard InChI is InChI=1S/C22H19FN4O2/c1-12-5-3-4-6-16(12)21-15(11-29-19-10-18(28)25-22(24)26-19)9-14-7-8-17(23)13(2)20(14)27-21/h3-10H,11H2,1-2H3,(H3,24,25,26,28). The van der Waals surface area contributed by atoms with Crippen LogP contribution in [0.4, 0.5) is 10.3 Å². The Morgan fingerprint density at radius 3 is 2.66 bits per heavy atom. The average molecular weight is 390 g/mol. The molecule has 0 aliphatic heterocycles. The molecule has 0 bridgehead atoms. The molecule has 4 aromatic rings. The number of nitrogens with two attached hydrogens (primary N) is 1. The Morgan fingerprint density at radius 2 is 1.90 bits per heavy atom. The van der Waals surface area contributed by atoms with Crippen LogP contribution in [-0.4, -0.2) is 15.0 Å². The molecule has 2 aromatic heterocycles. The summed E-state index contributed by atoms with van der Waals surface area (Å²) in [5, 5.41) is 0.804. The highest BCUT2D eigenvalue weighted by Gasteiger charge is 2.15. The summed E-state index contributed by atoms with van der Waals surface area (Å²) in [4.78, 5) is 22.7. The molecule has 0 fully saturated rings. The number of aromatic nitrogens is 3. The van der Waals surface area contributed by atoms with Crippen molar-refractivity contribution < 1.29 is 9.13 Å². The number of ether oxygens (including phenoxy) is 1. The lowest BCUT2D eigenvalue weighted by molar-refractivity contribution is 0.294. The molecular formula is C22H19FN4O2. The maximum atomic E-state index is 14.1. The molecule has 0 atom stereocenters. The summed E-state index contributed by atoms with van der Waals surface area (Å²) in [6.07, 6.45) is 0. The molecule has 0 spiro atoms. The second kappa shape index (κ2) is 7.35. The van der Waals surface area contributed by atoms with E-state index in [1.807, 2.05) is 37.3 Å². The maximum absolute atomic E-state index is 14.1. The molecule has 0 unspecified atom stereocenters. The number of hydrogen-bond acceptors (Lipinski definition) is 5. The van der Waals surface area contributed by atoms with E-state index >= 15 is 0 Å². The van der Waals surface area contributed by atoms with Crippen molar-refractivity contribution >= 4 is 16.9 Å². The number of pyridine rings is 1. The van der Waals surface area contributed by atoms with Crippen LogP contribution in [0, 0.1) is 19.7 Å². The topological polar surface area (TPSA) is 93.9 Å². The third-order valence-electron chi connectivity index (χ3n) is 4.77. The fraction of sp³-hybridized carbons (Fsp3) is 0.136. The van der Waals surface area contributed by atoms with Crippen molar-refractivity contribution in [2.75, 3.05) is 5.73 Å². The van der Waals surface area contributed by atoms with Gasteiger partial charge < -0.3 is 10.5 Å². The van der Waals surface area contributed by atoms with Gasteiger partial charge in [-0.1, -0.05) is 24.3 Å². The van der Waals surface area contributed by atoms with Crippen LogP contribution < -0.4 is 16.0 Å². The molecule has 0 saturated heterocycles. The molecule has 29 heavy (non-hydrogen) atoms. The van der Waals surface area contributed by atoms with E-state index in [9.17, 15) is 9.18 Å². The van der Waals surface area contributed by atoms with E-state index in [0.29, 0.717) is 16.8 Å². The summed E-state index contributed by atoms with van der Waals surface area (Å²) in [5.74, 6) is -0.195. The minimum atomic E-state index is -0.394. The fourth-order valence-corrected chi connectivity index (χ4v) is 3.26. The Bertz CT molecular complexity index is 1280. The minimum absolute atomic E-state index is 0.0191. The molecule has 0 saturated carbocycles. The van der Waals surface area contributed by atoms with Gasteiger partial charge in [0.1, 0.15) is 12.4 Å². The number of nitrogens with one attached hydrogen (secondary N) is 1. The minimum Gasteiger partial charge on any atom is -0.472 e. The second-order valence-electron chi connectivity index (χ2n) is 6.81. The predicted molar refractivity (Wildman–Crippen MR) is 110 cm³/mol. The van der Waals surface area contributed by atoms with E-state index < -0.39 is 5.56 Å². The van der Waals surface area contributed by atoms with Gasteiger partial charge in [-0.05, 0) is 37.6 Å². The molecule has 4 rings (SSSR count). The first-order valence-corrected chi connectivity index (χ1v) is 9.07. The van der Waals surface area contributed by atoms with Gasteiger partial charge in [0, 0.05) is 22.1 Å². The molecule has 7 heteroatoms. The predicted octanol–water partition coefficient (Wildman–Crippen LogP) is 3.90. The molecule has 2 aromatic carbocycles. The van der Waals surface area contributed by atoms with Crippen LogP contribution in [-0.2, 0) is 6.61 Å². The number of benzene rings is 2. The van der Waals surface area contributed by atoms with Crippen LogP contribution in [0.2, 0.25) is 0 Å². The fourth-order valence-electron chi connectivity index (χ4n) is 3.26. The van der Waals surface area contributed by atoms with Crippen molar-refractivity contribution in [1.82, 2.24) is 15.0 Å². The van der Waals surface area contributed by atoms with Gasteiger partial charge in [-0.3, -0.25) is 9.78 Å². The van der Waals surface area contributed by atoms with Crippen LogP contribution >= 0.6 is 0 Å². The summed E-state index contributed by atoms with van der Waals surface area (Å²) >= 11 is 0. The number of halogens is 1. The van der Waals surface area contributed by atoms with Gasteiger partial charge in [-0.25, -0.2) is 9.37 Å². The summed E-state index contributed by atoms with van der Waals surface area (Å²) in [6, 6.07) is 14.1. The molecule has 0 radical (unpaired) electrons. The van der Waals surface area contributed by atoms with E-state index in [1.165, 1.54) is 12.1 Å². The van der Waals surface area contributed by atoms with E-state index in [4.69, 9.17) is 15.5 Å². The maximum Gasteiger partial charge on any atom is 0.256 e. The first-order valence-electron chi connectivity index (χ1n) is 9.07. The highest BCUT2D eigenvalue weighted by atomic mass is 19.1. The first-order chi connectivity index (χ1) is 13.9. The van der Waals surface area contributed by atoms with Gasteiger partial charge in [-0.15, -0.1) is 0 Å². The van der Waals surface area contributed by atoms with E-state index in [2.05, 4.69) is 9.97 Å². The van der Waals surface area contributed by atoms with E-state index in [1.54, 1.807) is 13.0 Å². The number of fused-ring (bicyclic) bond motifs is 1. The SMILES string of the molecule is Cc1ccccc1-c1nc2c(C)c(F)ccc2cc1COc1cc(=O)[nH]c(N)n1. The number of H-pyrrole nitrogens is 1. The Labute approximate surface area is 166 Å². The van der Waals surface area contributed by atoms with Crippen molar-refractivity contribution in [1.29, 1.82) is 0 Å². The Kier molecular flexibility index (Phi) is 4.72. The van der Waals surface area contributed by atoms with Gasteiger partial charge in [-0.2, -0.15) is 4.98 Å². The Hall–Kier alpha value is -3.74. The van der Waals surface area contributed by atoms with Crippen LogP contribution in [0.1, 0.15) is 16.7 Å². The zero-order valence-electron chi connectivity index (χ0n) is 16.0. The number of aryl methyl sites for hydroxylation is 2. The van der Waals surface area contributed by atoms with E-state index in [0.717, 1.165) is 22.1 Å². The zero-order chi connectivity index (χ0) is 20.5. The van der Waals surface area contributed by atoms with Crippen molar-refractivity contribution in [3.63, 3.8) is 0 Å². The van der Waals surface area contributed by atoms with Gasteiger partial charge in [0.15, 0.2) is 0 Å². The van der Waals surface area contributed by atoms with Crippen molar-refractivity contribution in [2.45, 2.75) is 20.5 Å². The first kappa shape index (κ1) is 18.6. The zero-order valence-corrected chi connectivity index (χ0v) is 16.0. The quantitative estimate of drug-likeness (QED) is 0.551. The highest BCUT2D eigenvalue weighted by Crippen LogP contribution is 2.30. The number of nitrogens with zero attached hydrogens (tertiary/aromatic N) is 2. The Balaban J connectivity index is 1.84. The molecule has 6 nitrogen and oxygen atoms in total. The lowest BCUT2D eigenvalue weighted by Crippen LogP contribution is -2.11. The smallest absolute Gasteiger partial charge is 0.256 e. The molecule has 2 heterocycles. The van der Waals surface area contributed by atoms with Crippen LogP contribution in [0.25, 0.3) is 22.2 Å². The number of anilines is 1. The van der Waals surface area contributed by atoms with Crippen LogP contribution in [0.15, 0.2) is 53.3 Å². The van der Waals surface area contributed by atoms with Gasteiger partial charge in [0.25, 0.3) is 5.56 Å². The molecule has 0 amide bonds. The van der Waals surface area contributed by atoms with E-state index in [-0.39, 0.29) is 24.3 Å². The molecule has 146 valence electrons. The van der Waals surface area contributed by atoms with Crippen LogP contribution in [0.3, 0.4) is 0 Å². The monoisotopic (exact) mass is 390 g/mol. The Morgan fingerprint density at radius 1 is 1.10 bits per heavy atom. The third-order valence-corrected chi connectivity index (χ3v) is 4.77. The van der Waals surface area contributed by atoms with Crippen molar-refractivity contribution in [3.8, 4) is 17.1 Å². The average Bonchev–Trinajstić information content (AvgIpc) is 2.69. The second-order valence-corrected chi connectivity index (χ2v) is 6.81. The number of nitrogen functional groups attached to an aromatic ring is 1. The molecule has 0 aliphatic rings. The molecule has 3 N–H and O–H groups in total. The third kappa shape index (κ3) is 3.67. The summed E-state index contributed by atoms with van der Waals surface area (Å²) < 4.78 is 19.8. The van der Waals surface area contributed by atoms with Crippen molar-refractivity contribution in [2.24, 2.45) is 0 Å². The van der Waals surface area contributed by atoms with Crippen LogP contribution in [0.5, 0.6) is 5.88 Å². The normalized spacial score (nSPS) is 11.0. The van der Waals surface area contributed by atoms with Gasteiger partial charge in [0.05, 0.1) is 17.3 Å². The van der Waals surface area contributed by atoms with Gasteiger partial charge in [0.2, 0.25) is 11.8 Å². The number of aromatic amines is 1.